The van der Waals surface area contributed by atoms with Crippen molar-refractivity contribution in [3.63, 3.8) is 0 Å². The number of rotatable bonds is 8. The van der Waals surface area contributed by atoms with Crippen LogP contribution in [0.1, 0.15) is 39.8 Å². The van der Waals surface area contributed by atoms with E-state index in [-0.39, 0.29) is 17.2 Å². The number of nitrogens with one attached hydrogen (secondary N) is 1. The zero-order valence-electron chi connectivity index (χ0n) is 20.6. The smallest absolute Gasteiger partial charge is 0.244 e. The van der Waals surface area contributed by atoms with Crippen LogP contribution in [0.3, 0.4) is 0 Å². The number of nitrogens with zero attached hydrogens (tertiary/aromatic N) is 1. The lowest BCUT2D eigenvalue weighted by atomic mass is 9.84. The summed E-state index contributed by atoms with van der Waals surface area (Å²) in [6, 6.07) is 34.7. The summed E-state index contributed by atoms with van der Waals surface area (Å²) < 4.78 is 5.84. The molecule has 4 aromatic rings. The molecule has 4 heteroatoms. The average Bonchev–Trinajstić information content (AvgIpc) is 3.66. The molecule has 36 heavy (non-hydrogen) atoms. The van der Waals surface area contributed by atoms with Crippen molar-refractivity contribution in [3.05, 3.63) is 137 Å². The van der Waals surface area contributed by atoms with Crippen LogP contribution in [0.2, 0.25) is 0 Å². The van der Waals surface area contributed by atoms with E-state index in [0.717, 1.165) is 23.3 Å². The van der Waals surface area contributed by atoms with E-state index in [1.165, 1.54) is 22.3 Å². The Balaban J connectivity index is 1.24. The van der Waals surface area contributed by atoms with Crippen LogP contribution in [0.5, 0.6) is 5.75 Å². The van der Waals surface area contributed by atoms with Crippen molar-refractivity contribution in [2.45, 2.75) is 32.3 Å². The second-order valence-electron chi connectivity index (χ2n) is 9.54. The van der Waals surface area contributed by atoms with Gasteiger partial charge in [0.05, 0.1) is 12.1 Å². The lowest BCUT2D eigenvalue weighted by molar-refractivity contribution is -0.122. The highest BCUT2D eigenvalue weighted by molar-refractivity contribution is 5.87. The molecular weight excluding hydrogens is 444 g/mol. The van der Waals surface area contributed by atoms with Gasteiger partial charge in [0, 0.05) is 5.41 Å². The SMILES string of the molecule is Cc1cccc(C2(c3cccc(C)c3)CC2C(=O)NN=Cc2ccc(OCc3ccccc3)cc2)c1. The number of hydrazone groups is 1. The number of carbonyl (C=O) groups is 1. The molecule has 1 unspecified atom stereocenters. The minimum Gasteiger partial charge on any atom is -0.489 e. The zero-order chi connectivity index (χ0) is 25.0. The summed E-state index contributed by atoms with van der Waals surface area (Å²) in [5, 5.41) is 4.25. The monoisotopic (exact) mass is 474 g/mol. The number of hydrogen-bond acceptors (Lipinski definition) is 3. The number of hydrogen-bond donors (Lipinski definition) is 1. The van der Waals surface area contributed by atoms with Crippen LogP contribution in [0.4, 0.5) is 0 Å². The van der Waals surface area contributed by atoms with Crippen LogP contribution < -0.4 is 10.2 Å². The summed E-state index contributed by atoms with van der Waals surface area (Å²) in [6.07, 6.45) is 2.44. The van der Waals surface area contributed by atoms with Crippen LogP contribution in [-0.4, -0.2) is 12.1 Å². The van der Waals surface area contributed by atoms with E-state index in [1.807, 2.05) is 54.6 Å². The molecule has 1 fully saturated rings. The lowest BCUT2D eigenvalue weighted by Crippen LogP contribution is -2.25. The number of carbonyl (C=O) groups excluding carboxylic acids is 1. The van der Waals surface area contributed by atoms with Crippen LogP contribution >= 0.6 is 0 Å². The first-order chi connectivity index (χ1) is 17.5. The van der Waals surface area contributed by atoms with Crippen molar-refractivity contribution in [3.8, 4) is 5.75 Å². The normalized spacial score (nSPS) is 16.0. The summed E-state index contributed by atoms with van der Waals surface area (Å²) >= 11 is 0. The Morgan fingerprint density at radius 3 is 2.14 bits per heavy atom. The van der Waals surface area contributed by atoms with Gasteiger partial charge in [0.2, 0.25) is 5.91 Å². The minimum atomic E-state index is -0.310. The molecule has 0 radical (unpaired) electrons. The molecule has 4 nitrogen and oxygen atoms in total. The van der Waals surface area contributed by atoms with Crippen molar-refractivity contribution in [2.24, 2.45) is 11.0 Å². The quantitative estimate of drug-likeness (QED) is 0.239. The summed E-state index contributed by atoms with van der Waals surface area (Å²) in [5.41, 5.74) is 9.24. The predicted molar refractivity (Wildman–Crippen MR) is 144 cm³/mol. The first-order valence-corrected chi connectivity index (χ1v) is 12.3. The van der Waals surface area contributed by atoms with Crippen molar-refractivity contribution < 1.29 is 9.53 Å². The summed E-state index contributed by atoms with van der Waals surface area (Å²) in [5.74, 6) is 0.572. The second-order valence-corrected chi connectivity index (χ2v) is 9.54. The molecule has 0 saturated heterocycles. The van der Waals surface area contributed by atoms with Gasteiger partial charge >= 0.3 is 0 Å². The van der Waals surface area contributed by atoms with Gasteiger partial charge < -0.3 is 4.74 Å². The Bertz CT molecular complexity index is 1330. The number of ether oxygens (including phenoxy) is 1. The van der Waals surface area contributed by atoms with E-state index in [9.17, 15) is 4.79 Å². The summed E-state index contributed by atoms with van der Waals surface area (Å²) in [6.45, 7) is 4.70. The van der Waals surface area contributed by atoms with Gasteiger partial charge in [-0.05, 0) is 66.8 Å². The van der Waals surface area contributed by atoms with Crippen LogP contribution in [0.25, 0.3) is 0 Å². The van der Waals surface area contributed by atoms with E-state index in [2.05, 4.69) is 72.9 Å². The molecule has 1 aliphatic carbocycles. The average molecular weight is 475 g/mol. The van der Waals surface area contributed by atoms with Gasteiger partial charge in [0.25, 0.3) is 0 Å². The molecule has 1 N–H and O–H groups in total. The maximum atomic E-state index is 13.2. The van der Waals surface area contributed by atoms with Gasteiger partial charge in [-0.25, -0.2) is 5.43 Å². The molecule has 1 atom stereocenters. The topological polar surface area (TPSA) is 50.7 Å². The van der Waals surface area contributed by atoms with E-state index in [4.69, 9.17) is 4.74 Å². The van der Waals surface area contributed by atoms with E-state index >= 15 is 0 Å². The van der Waals surface area contributed by atoms with Crippen molar-refractivity contribution in [1.29, 1.82) is 0 Å². The predicted octanol–water partition coefficient (Wildman–Crippen LogP) is 6.34. The highest BCUT2D eigenvalue weighted by atomic mass is 16.5. The second kappa shape index (κ2) is 10.2. The fourth-order valence-electron chi connectivity index (χ4n) is 4.87. The summed E-state index contributed by atoms with van der Waals surface area (Å²) in [4.78, 5) is 13.2. The molecular formula is C32H30N2O2. The molecule has 0 bridgehead atoms. The minimum absolute atomic E-state index is 0.0583. The fourth-order valence-corrected chi connectivity index (χ4v) is 4.87. The van der Waals surface area contributed by atoms with Crippen molar-refractivity contribution in [1.82, 2.24) is 5.43 Å². The molecule has 0 aromatic heterocycles. The largest absolute Gasteiger partial charge is 0.489 e. The Labute approximate surface area is 212 Å². The maximum Gasteiger partial charge on any atom is 0.244 e. The Hall–Kier alpha value is -4.18. The molecule has 1 saturated carbocycles. The van der Waals surface area contributed by atoms with Gasteiger partial charge in [-0.1, -0.05) is 90.0 Å². The third kappa shape index (κ3) is 5.08. The maximum absolute atomic E-state index is 13.2. The van der Waals surface area contributed by atoms with Gasteiger partial charge in [-0.2, -0.15) is 5.10 Å². The third-order valence-electron chi connectivity index (χ3n) is 6.86. The van der Waals surface area contributed by atoms with E-state index in [1.54, 1.807) is 6.21 Å². The van der Waals surface area contributed by atoms with Crippen molar-refractivity contribution in [2.75, 3.05) is 0 Å². The molecule has 1 amide bonds. The van der Waals surface area contributed by atoms with Crippen LogP contribution in [0.15, 0.2) is 108 Å². The van der Waals surface area contributed by atoms with Gasteiger partial charge in [0.1, 0.15) is 12.4 Å². The third-order valence-corrected chi connectivity index (χ3v) is 6.86. The number of aryl methyl sites for hydroxylation is 2. The molecule has 0 spiro atoms. The van der Waals surface area contributed by atoms with Gasteiger partial charge in [-0.15, -0.1) is 0 Å². The molecule has 4 aromatic carbocycles. The van der Waals surface area contributed by atoms with E-state index in [0.29, 0.717) is 6.61 Å². The van der Waals surface area contributed by atoms with Crippen molar-refractivity contribution >= 4 is 12.1 Å². The highest BCUT2D eigenvalue weighted by Gasteiger charge is 2.60. The first kappa shape index (κ1) is 23.6. The molecule has 0 heterocycles. The summed E-state index contributed by atoms with van der Waals surface area (Å²) in [7, 11) is 0. The molecule has 1 aliphatic rings. The van der Waals surface area contributed by atoms with Gasteiger partial charge in [0.15, 0.2) is 0 Å². The van der Waals surface area contributed by atoms with E-state index < -0.39 is 0 Å². The molecule has 180 valence electrons. The highest BCUT2D eigenvalue weighted by Crippen LogP contribution is 2.59. The lowest BCUT2D eigenvalue weighted by Gasteiger charge is -2.19. The van der Waals surface area contributed by atoms with Crippen LogP contribution in [0, 0.1) is 19.8 Å². The zero-order valence-corrected chi connectivity index (χ0v) is 20.6. The standard InChI is InChI=1S/C32H30N2O2/c1-23-8-6-12-27(18-23)32(28-13-7-9-24(2)19-28)20-30(32)31(35)34-33-21-25-14-16-29(17-15-25)36-22-26-10-4-3-5-11-26/h3-19,21,30H,20,22H2,1-2H3,(H,34,35). The van der Waals surface area contributed by atoms with Crippen LogP contribution in [-0.2, 0) is 16.8 Å². The number of benzene rings is 4. The Kier molecular flexibility index (Phi) is 6.68. The molecule has 5 rings (SSSR count). The number of amides is 1. The fraction of sp³-hybridized carbons (Fsp3) is 0.188. The first-order valence-electron chi connectivity index (χ1n) is 12.3. The Morgan fingerprint density at radius 2 is 1.53 bits per heavy atom. The molecule has 0 aliphatic heterocycles. The Morgan fingerprint density at radius 1 is 0.889 bits per heavy atom. The van der Waals surface area contributed by atoms with Gasteiger partial charge in [-0.3, -0.25) is 4.79 Å².